The number of aromatic nitrogens is 9. The minimum atomic E-state index is -2.82. The lowest BCUT2D eigenvalue weighted by Crippen LogP contribution is -2.10. The summed E-state index contributed by atoms with van der Waals surface area (Å²) in [5.41, 5.74) is 4.44. The monoisotopic (exact) mass is 1220 g/mol. The number of carboxylic acids is 2. The second-order valence-electron chi connectivity index (χ2n) is 20.3. The zero-order chi connectivity index (χ0) is 61.8. The highest BCUT2D eigenvalue weighted by Crippen LogP contribution is 2.31. The quantitative estimate of drug-likeness (QED) is 0.0639. The Labute approximate surface area is 501 Å². The van der Waals surface area contributed by atoms with Crippen LogP contribution in [0.3, 0.4) is 0 Å². The molecule has 0 saturated heterocycles. The van der Waals surface area contributed by atoms with E-state index >= 15 is 13.2 Å². The van der Waals surface area contributed by atoms with Gasteiger partial charge in [0.2, 0.25) is 17.7 Å². The van der Waals surface area contributed by atoms with Crippen molar-refractivity contribution in [2.75, 3.05) is 0 Å². The van der Waals surface area contributed by atoms with Crippen LogP contribution in [-0.4, -0.2) is 65.8 Å². The zero-order valence-corrected chi connectivity index (χ0v) is 47.2. The van der Waals surface area contributed by atoms with Gasteiger partial charge in [0.15, 0.2) is 0 Å². The van der Waals surface area contributed by atoms with Crippen LogP contribution in [0.1, 0.15) is 83.9 Å². The SMILES string of the molecule is Cc1ccc(COc2cccc(-c3ccc(Cc4nc5ccc(C(=O)O)cc5n4Cc4nccn4C)c(F)c3)n2)c(F)c1.N.O=C(O)c1ccc2nc(Cc3cc(F)c(-c4cccc(OCc5ccc(C(F)F)cc5F)n4)cc3F)n(Cc3ncco3)c2c1. The lowest BCUT2D eigenvalue weighted by molar-refractivity contribution is 0.0686. The van der Waals surface area contributed by atoms with Crippen LogP contribution in [0.5, 0.6) is 11.8 Å². The van der Waals surface area contributed by atoms with Gasteiger partial charge in [-0.05, 0) is 102 Å². The van der Waals surface area contributed by atoms with E-state index in [0.717, 1.165) is 35.7 Å². The molecule has 0 atom stereocenters. The number of nitrogens with zero attached hydrogens (tertiary/aromatic N) is 9. The zero-order valence-electron chi connectivity index (χ0n) is 47.2. The van der Waals surface area contributed by atoms with Crippen LogP contribution in [0.4, 0.5) is 30.7 Å². The van der Waals surface area contributed by atoms with Gasteiger partial charge in [-0.3, -0.25) is 0 Å². The molecule has 0 amide bonds. The number of fused-ring (bicyclic) bond motifs is 2. The van der Waals surface area contributed by atoms with Crippen LogP contribution in [0.2, 0.25) is 0 Å². The molecule has 0 saturated carbocycles. The molecule has 0 spiro atoms. The lowest BCUT2D eigenvalue weighted by atomic mass is 10.0. The Hall–Kier alpha value is -11.0. The van der Waals surface area contributed by atoms with Gasteiger partial charge in [-0.25, -0.2) is 70.2 Å². The molecule has 0 fully saturated rings. The van der Waals surface area contributed by atoms with Crippen molar-refractivity contribution in [3.05, 3.63) is 261 Å². The fourth-order valence-corrected chi connectivity index (χ4v) is 9.69. The third-order valence-corrected chi connectivity index (χ3v) is 14.3. The summed E-state index contributed by atoms with van der Waals surface area (Å²) in [5, 5.41) is 19.0. The van der Waals surface area contributed by atoms with Crippen LogP contribution in [-0.2, 0) is 46.2 Å². The fourth-order valence-electron chi connectivity index (χ4n) is 9.69. The van der Waals surface area contributed by atoms with Gasteiger partial charge in [0.1, 0.15) is 72.6 Å². The first-order chi connectivity index (χ1) is 42.4. The third-order valence-electron chi connectivity index (χ3n) is 14.3. The van der Waals surface area contributed by atoms with Crippen molar-refractivity contribution in [1.29, 1.82) is 0 Å². The van der Waals surface area contributed by atoms with E-state index in [4.69, 9.17) is 18.9 Å². The molecule has 12 aromatic rings. The average molecular weight is 1220 g/mol. The van der Waals surface area contributed by atoms with Crippen LogP contribution in [0, 0.1) is 36.0 Å². The van der Waals surface area contributed by atoms with E-state index in [1.165, 1.54) is 73.1 Å². The number of halogens is 7. The molecule has 24 heteroatoms. The fraction of sp³-hybridized carbons (Fsp3) is 0.138. The van der Waals surface area contributed by atoms with E-state index in [9.17, 15) is 37.4 Å². The van der Waals surface area contributed by atoms with E-state index in [1.807, 2.05) is 35.4 Å². The Morgan fingerprint density at radius 3 is 1.71 bits per heavy atom. The Morgan fingerprint density at radius 2 is 1.13 bits per heavy atom. The van der Waals surface area contributed by atoms with E-state index in [2.05, 4.69) is 24.9 Å². The van der Waals surface area contributed by atoms with Crippen LogP contribution < -0.4 is 15.6 Å². The molecule has 6 heterocycles. The Kier molecular flexibility index (Phi) is 18.1. The maximum absolute atomic E-state index is 15.5. The molecule has 5 N–H and O–H groups in total. The minimum absolute atomic E-state index is 0. The maximum Gasteiger partial charge on any atom is 0.335 e. The summed E-state index contributed by atoms with van der Waals surface area (Å²) in [4.78, 5) is 49.7. The summed E-state index contributed by atoms with van der Waals surface area (Å²) in [6.45, 7) is 1.91. The van der Waals surface area contributed by atoms with Crippen molar-refractivity contribution in [3.63, 3.8) is 0 Å². The van der Waals surface area contributed by atoms with Gasteiger partial charge in [0.05, 0.1) is 57.3 Å². The minimum Gasteiger partial charge on any atom is -0.478 e. The standard InChI is InChI=1S/C33H27F2N5O3.C32H21F5N4O4.H3N/c1-20-6-7-24(25(34)14-20)19-43-32-5-3-4-27(38-32)22-9-8-21(26(35)15-22)17-30-37-28-11-10-23(33(41)42)16-29(28)40(30)18-31-36-12-13-39(31)2;33-22-10-17(31(36)37)4-5-19(22)16-45-29-3-1-2-25(40-29)21-14-23(34)20(11-24(21)35)13-28-39-26-7-6-18(32(42)43)12-27(26)41(28)15-30-38-8-9-44-30;/h3-16H,17-19H2,1-2H3,(H,41,42);1-12,14,31H,13,15-16H2,(H,42,43);1H3. The average Bonchev–Trinajstić information content (AvgIpc) is 2.73. The number of imidazole rings is 3. The molecule has 0 bridgehead atoms. The summed E-state index contributed by atoms with van der Waals surface area (Å²) in [5.74, 6) is -3.14. The summed E-state index contributed by atoms with van der Waals surface area (Å²) in [6, 6.07) is 33.5. The molecular weight excluding hydrogens is 1170 g/mol. The Bertz CT molecular complexity index is 4590. The predicted molar refractivity (Wildman–Crippen MR) is 312 cm³/mol. The largest absolute Gasteiger partial charge is 0.478 e. The molecule has 6 aromatic heterocycles. The molecule has 0 unspecified atom stereocenters. The molecule has 452 valence electrons. The number of alkyl halides is 2. The Morgan fingerprint density at radius 1 is 0.562 bits per heavy atom. The topological polar surface area (TPSA) is 233 Å². The number of hydrogen-bond donors (Lipinski definition) is 3. The molecular formula is C65H51F7N10O7. The maximum atomic E-state index is 15.5. The number of ether oxygens (including phenoxy) is 2. The highest BCUT2D eigenvalue weighted by molar-refractivity contribution is 5.93. The number of pyridine rings is 2. The van der Waals surface area contributed by atoms with Crippen molar-refractivity contribution in [3.8, 4) is 34.3 Å². The molecule has 89 heavy (non-hydrogen) atoms. The van der Waals surface area contributed by atoms with Gasteiger partial charge in [0, 0.05) is 72.2 Å². The van der Waals surface area contributed by atoms with E-state index in [-0.39, 0.29) is 84.0 Å². The van der Waals surface area contributed by atoms with Crippen molar-refractivity contribution in [2.24, 2.45) is 7.05 Å². The van der Waals surface area contributed by atoms with Crippen molar-refractivity contribution in [1.82, 2.24) is 49.8 Å². The lowest BCUT2D eigenvalue weighted by Gasteiger charge is -2.11. The molecule has 0 aliphatic rings. The second-order valence-corrected chi connectivity index (χ2v) is 20.3. The number of rotatable bonds is 19. The van der Waals surface area contributed by atoms with Gasteiger partial charge in [-0.1, -0.05) is 48.5 Å². The van der Waals surface area contributed by atoms with Crippen LogP contribution in [0.15, 0.2) is 169 Å². The highest BCUT2D eigenvalue weighted by Gasteiger charge is 2.22. The number of carbonyl (C=O) groups is 2. The van der Waals surface area contributed by atoms with Gasteiger partial charge >= 0.3 is 11.9 Å². The second kappa shape index (κ2) is 26.3. The van der Waals surface area contributed by atoms with Crippen molar-refractivity contribution in [2.45, 2.75) is 52.5 Å². The number of carboxylic acid groups (broad SMARTS) is 2. The first-order valence-corrected chi connectivity index (χ1v) is 27.0. The normalized spacial score (nSPS) is 11.2. The Balaban J connectivity index is 0.000000194. The summed E-state index contributed by atoms with van der Waals surface area (Å²) in [7, 11) is 1.87. The van der Waals surface area contributed by atoms with Gasteiger partial charge in [-0.15, -0.1) is 0 Å². The number of aromatic carboxylic acids is 2. The summed E-state index contributed by atoms with van der Waals surface area (Å²) < 4.78 is 122. The van der Waals surface area contributed by atoms with Crippen molar-refractivity contribution < 1.29 is 64.4 Å². The van der Waals surface area contributed by atoms with Crippen LogP contribution in [0.25, 0.3) is 44.6 Å². The number of hydrogen-bond acceptors (Lipinski definition) is 12. The van der Waals surface area contributed by atoms with Gasteiger partial charge in [-0.2, -0.15) is 0 Å². The predicted octanol–water partition coefficient (Wildman–Crippen LogP) is 13.9. The first-order valence-electron chi connectivity index (χ1n) is 27.0. The van der Waals surface area contributed by atoms with E-state index in [0.29, 0.717) is 74.4 Å². The third kappa shape index (κ3) is 13.8. The van der Waals surface area contributed by atoms with E-state index in [1.54, 1.807) is 59.3 Å². The first kappa shape index (κ1) is 61.1. The van der Waals surface area contributed by atoms with E-state index < -0.39 is 47.2 Å². The van der Waals surface area contributed by atoms with Crippen molar-refractivity contribution >= 4 is 34.0 Å². The molecule has 12 rings (SSSR count). The number of oxazole rings is 1. The summed E-state index contributed by atoms with van der Waals surface area (Å²) >= 11 is 0. The molecule has 0 aliphatic carbocycles. The van der Waals surface area contributed by atoms with Gasteiger partial charge in [0.25, 0.3) is 6.43 Å². The highest BCUT2D eigenvalue weighted by atomic mass is 19.3. The molecule has 6 aromatic carbocycles. The molecule has 17 nitrogen and oxygen atoms in total. The molecule has 0 aliphatic heterocycles. The summed E-state index contributed by atoms with van der Waals surface area (Å²) in [6.07, 6.45) is 3.55. The smallest absolute Gasteiger partial charge is 0.335 e. The molecule has 0 radical (unpaired) electrons. The van der Waals surface area contributed by atoms with Gasteiger partial charge < -0.3 is 44.0 Å². The number of benzene rings is 6. The van der Waals surface area contributed by atoms with Crippen LogP contribution >= 0.6 is 0 Å². The number of aryl methyl sites for hydroxylation is 2.